The lowest BCUT2D eigenvalue weighted by Crippen LogP contribution is -2.39. The smallest absolute Gasteiger partial charge is 0.246 e. The zero-order valence-electron chi connectivity index (χ0n) is 17.7. The van der Waals surface area contributed by atoms with Crippen LogP contribution in [0.3, 0.4) is 0 Å². The van der Waals surface area contributed by atoms with Crippen LogP contribution in [0.1, 0.15) is 30.1 Å². The van der Waals surface area contributed by atoms with Crippen LogP contribution in [0.2, 0.25) is 0 Å². The summed E-state index contributed by atoms with van der Waals surface area (Å²) >= 11 is 1.47. The fourth-order valence-corrected chi connectivity index (χ4v) is 6.08. The van der Waals surface area contributed by atoms with Crippen molar-refractivity contribution < 1.29 is 8.42 Å². The lowest BCUT2D eigenvalue weighted by molar-refractivity contribution is 0.308. The highest BCUT2D eigenvalue weighted by atomic mass is 32.2. The molecule has 0 saturated carbocycles. The molecule has 0 spiro atoms. The Hall–Kier alpha value is -2.75. The Bertz CT molecular complexity index is 1420. The average molecular weight is 469 g/mol. The van der Waals surface area contributed by atoms with Crippen molar-refractivity contribution in [3.05, 3.63) is 81.8 Å². The Balaban J connectivity index is 1.59. The van der Waals surface area contributed by atoms with Crippen LogP contribution < -0.4 is 5.69 Å². The Morgan fingerprint density at radius 1 is 1.09 bits per heavy atom. The molecule has 1 atom stereocenters. The maximum Gasteiger partial charge on any atom is 0.351 e. The van der Waals surface area contributed by atoms with E-state index in [0.29, 0.717) is 25.5 Å². The van der Waals surface area contributed by atoms with Gasteiger partial charge in [-0.2, -0.15) is 5.10 Å². The molecular formula is C23H24N4O3S2. The van der Waals surface area contributed by atoms with E-state index < -0.39 is 10.0 Å². The van der Waals surface area contributed by atoms with Crippen LogP contribution in [0.4, 0.5) is 0 Å². The van der Waals surface area contributed by atoms with Gasteiger partial charge in [0.1, 0.15) is 10.8 Å². The van der Waals surface area contributed by atoms with Crippen molar-refractivity contribution in [1.29, 1.82) is 0 Å². The number of rotatable bonds is 5. The molecule has 1 unspecified atom stereocenters. The summed E-state index contributed by atoms with van der Waals surface area (Å²) < 4.78 is 29.0. The number of thiophene rings is 1. The lowest BCUT2D eigenvalue weighted by Gasteiger charge is -2.30. The van der Waals surface area contributed by atoms with Gasteiger partial charge in [-0.15, -0.1) is 11.3 Å². The quantitative estimate of drug-likeness (QED) is 0.450. The SMILES string of the molecule is CS(=O)(=O)N1CCCC(c2nn(Cc3cccc4ccccc34)c(=O)n2-c2cccs2)C1. The van der Waals surface area contributed by atoms with Gasteiger partial charge in [0, 0.05) is 19.0 Å². The zero-order valence-corrected chi connectivity index (χ0v) is 19.3. The van der Waals surface area contributed by atoms with E-state index in [0.717, 1.165) is 34.2 Å². The number of aromatic nitrogens is 3. The van der Waals surface area contributed by atoms with Crippen molar-refractivity contribution >= 4 is 32.1 Å². The molecule has 0 radical (unpaired) electrons. The van der Waals surface area contributed by atoms with Crippen LogP contribution in [0.25, 0.3) is 15.8 Å². The highest BCUT2D eigenvalue weighted by molar-refractivity contribution is 7.88. The van der Waals surface area contributed by atoms with E-state index in [4.69, 9.17) is 5.10 Å². The standard InChI is InChI=1S/C23H24N4O3S2/c1-32(29,30)25-13-5-10-19(15-25)22-24-26(23(28)27(22)21-12-6-14-31-21)16-18-9-4-8-17-7-2-3-11-20(17)18/h2-4,6-9,11-12,14,19H,5,10,13,15-16H2,1H3. The molecule has 0 amide bonds. The molecule has 1 aliphatic rings. The summed E-state index contributed by atoms with van der Waals surface area (Å²) in [6, 6.07) is 18.0. The molecule has 166 valence electrons. The van der Waals surface area contributed by atoms with Gasteiger partial charge in [0.25, 0.3) is 0 Å². The first-order chi connectivity index (χ1) is 15.4. The third-order valence-electron chi connectivity index (χ3n) is 6.01. The summed E-state index contributed by atoms with van der Waals surface area (Å²) in [5, 5.41) is 9.70. The summed E-state index contributed by atoms with van der Waals surface area (Å²) in [6.45, 7) is 1.21. The van der Waals surface area contributed by atoms with E-state index in [1.54, 1.807) is 4.57 Å². The van der Waals surface area contributed by atoms with E-state index in [2.05, 4.69) is 18.2 Å². The molecule has 1 saturated heterocycles. The van der Waals surface area contributed by atoms with Gasteiger partial charge < -0.3 is 0 Å². The van der Waals surface area contributed by atoms with Gasteiger partial charge in [-0.25, -0.2) is 26.8 Å². The van der Waals surface area contributed by atoms with Crippen molar-refractivity contribution in [2.24, 2.45) is 0 Å². The number of nitrogens with zero attached hydrogens (tertiary/aromatic N) is 4. The summed E-state index contributed by atoms with van der Waals surface area (Å²) in [5.41, 5.74) is 0.820. The van der Waals surface area contributed by atoms with Crippen molar-refractivity contribution in [2.45, 2.75) is 25.3 Å². The zero-order chi connectivity index (χ0) is 22.3. The van der Waals surface area contributed by atoms with Crippen molar-refractivity contribution in [3.63, 3.8) is 0 Å². The van der Waals surface area contributed by atoms with E-state index in [9.17, 15) is 13.2 Å². The maximum atomic E-state index is 13.5. The monoisotopic (exact) mass is 468 g/mol. The minimum atomic E-state index is -3.30. The molecular weight excluding hydrogens is 444 g/mol. The highest BCUT2D eigenvalue weighted by Crippen LogP contribution is 2.29. The van der Waals surface area contributed by atoms with E-state index in [1.807, 2.05) is 41.8 Å². The van der Waals surface area contributed by atoms with Gasteiger partial charge in [-0.3, -0.25) is 0 Å². The second-order valence-electron chi connectivity index (χ2n) is 8.18. The lowest BCUT2D eigenvalue weighted by atomic mass is 9.99. The predicted molar refractivity (Wildman–Crippen MR) is 127 cm³/mol. The predicted octanol–water partition coefficient (Wildman–Crippen LogP) is 3.44. The molecule has 0 N–H and O–H groups in total. The van der Waals surface area contributed by atoms with Crippen LogP contribution in [-0.4, -0.2) is 46.4 Å². The number of hydrogen-bond donors (Lipinski definition) is 0. The molecule has 2 aromatic carbocycles. The van der Waals surface area contributed by atoms with Crippen molar-refractivity contribution in [3.8, 4) is 5.00 Å². The highest BCUT2D eigenvalue weighted by Gasteiger charge is 2.31. The number of benzene rings is 2. The van der Waals surface area contributed by atoms with Crippen LogP contribution in [0.15, 0.2) is 64.8 Å². The molecule has 9 heteroatoms. The van der Waals surface area contributed by atoms with E-state index >= 15 is 0 Å². The van der Waals surface area contributed by atoms with Gasteiger partial charge in [0.15, 0.2) is 0 Å². The average Bonchev–Trinajstić information content (AvgIpc) is 3.42. The van der Waals surface area contributed by atoms with Gasteiger partial charge in [0.2, 0.25) is 10.0 Å². The summed E-state index contributed by atoms with van der Waals surface area (Å²) in [4.78, 5) is 13.5. The van der Waals surface area contributed by atoms with Crippen LogP contribution in [-0.2, 0) is 16.6 Å². The molecule has 2 aromatic heterocycles. The number of piperidine rings is 1. The van der Waals surface area contributed by atoms with Crippen LogP contribution >= 0.6 is 11.3 Å². The van der Waals surface area contributed by atoms with Gasteiger partial charge in [-0.05, 0) is 46.7 Å². The van der Waals surface area contributed by atoms with E-state index in [-0.39, 0.29) is 11.6 Å². The normalized spacial score (nSPS) is 17.7. The fourth-order valence-electron chi connectivity index (χ4n) is 4.44. The number of hydrogen-bond acceptors (Lipinski definition) is 5. The van der Waals surface area contributed by atoms with Crippen molar-refractivity contribution in [1.82, 2.24) is 18.7 Å². The van der Waals surface area contributed by atoms with Crippen molar-refractivity contribution in [2.75, 3.05) is 19.3 Å². The molecule has 0 bridgehead atoms. The molecule has 32 heavy (non-hydrogen) atoms. The Morgan fingerprint density at radius 2 is 1.91 bits per heavy atom. The first kappa shape index (κ1) is 21.1. The molecule has 0 aliphatic carbocycles. The number of sulfonamides is 1. The topological polar surface area (TPSA) is 77.2 Å². The molecule has 4 aromatic rings. The fraction of sp³-hybridized carbons (Fsp3) is 0.304. The molecule has 1 aliphatic heterocycles. The largest absolute Gasteiger partial charge is 0.351 e. The third-order valence-corrected chi connectivity index (χ3v) is 8.13. The Labute approximate surface area is 190 Å². The van der Waals surface area contributed by atoms with E-state index in [1.165, 1.54) is 26.6 Å². The first-order valence-electron chi connectivity index (χ1n) is 10.6. The van der Waals surface area contributed by atoms with Gasteiger partial charge >= 0.3 is 5.69 Å². The molecule has 7 nitrogen and oxygen atoms in total. The minimum Gasteiger partial charge on any atom is -0.246 e. The second-order valence-corrected chi connectivity index (χ2v) is 11.1. The molecule has 1 fully saturated rings. The summed E-state index contributed by atoms with van der Waals surface area (Å²) in [7, 11) is -3.30. The second kappa shape index (κ2) is 8.31. The molecule has 3 heterocycles. The van der Waals surface area contributed by atoms with Crippen LogP contribution in [0, 0.1) is 0 Å². The Kier molecular flexibility index (Phi) is 5.48. The molecule has 5 rings (SSSR count). The number of fused-ring (bicyclic) bond motifs is 1. The minimum absolute atomic E-state index is 0.137. The van der Waals surface area contributed by atoms with Gasteiger partial charge in [-0.1, -0.05) is 42.5 Å². The third kappa shape index (κ3) is 3.92. The summed E-state index contributed by atoms with van der Waals surface area (Å²) in [6.07, 6.45) is 2.77. The van der Waals surface area contributed by atoms with Gasteiger partial charge in [0.05, 0.1) is 12.8 Å². The Morgan fingerprint density at radius 3 is 2.69 bits per heavy atom. The first-order valence-corrected chi connectivity index (χ1v) is 13.3. The maximum absolute atomic E-state index is 13.5. The summed E-state index contributed by atoms with van der Waals surface area (Å²) in [5.74, 6) is 0.494. The van der Waals surface area contributed by atoms with Crippen LogP contribution in [0.5, 0.6) is 0 Å².